The zero-order valence-corrected chi connectivity index (χ0v) is 45.6. The zero-order valence-electron chi connectivity index (χ0n) is 43.0. The molecule has 0 bridgehead atoms. The first-order valence-electron chi connectivity index (χ1n) is 24.9. The van der Waals surface area contributed by atoms with E-state index in [0.717, 1.165) is 51.9 Å². The number of halogens is 2. The van der Waals surface area contributed by atoms with Gasteiger partial charge in [-0.25, -0.2) is 35.5 Å². The van der Waals surface area contributed by atoms with E-state index >= 15 is 8.78 Å². The maximum Gasteiger partial charge on any atom is 0.306 e. The van der Waals surface area contributed by atoms with Crippen molar-refractivity contribution in [3.8, 4) is 22.9 Å². The van der Waals surface area contributed by atoms with Crippen LogP contribution in [-0.2, 0) is 54.0 Å². The number of aromatic nitrogens is 6. The summed E-state index contributed by atoms with van der Waals surface area (Å²) in [5, 5.41) is 10.3. The van der Waals surface area contributed by atoms with Crippen LogP contribution in [0.4, 0.5) is 8.78 Å². The molecule has 4 heterocycles. The Labute approximate surface area is 432 Å². The van der Waals surface area contributed by atoms with E-state index in [4.69, 9.17) is 33.8 Å². The number of aryl methyl sites for hydroxylation is 2. The Morgan fingerprint density at radius 3 is 2.45 bits per heavy atom. The number of rotatable bonds is 21. The average molecular weight is 1050 g/mol. The van der Waals surface area contributed by atoms with Crippen LogP contribution in [0.2, 0.25) is 18.1 Å². The first kappa shape index (κ1) is 53.6. The minimum atomic E-state index is -4.12. The Morgan fingerprint density at radius 1 is 0.918 bits per heavy atom. The standard InChI is InChI=1S/C55H66F2N6O7S2Si/c1-9-67-50(64)24-21-38-16-15-17-39(34-38)55(5,27-32-71-33-31-69-73(7,8)54(2,3)4)53-58-52(61(6)60-53)45-36-41(22-23-46(45)56)70-51-44(35-40-25-28-62(59-40)49-20-13-14-30-68-49)43-26-29-63(48(43)37-47(51)57)72(65,66)42-18-11-10-12-19-42/h10-12,15-19,22-23,25-26,28-29,34,36-37,49H,9,13-14,20-21,24,27,30-33,35H2,1-8H3. The molecule has 2 unspecified atom stereocenters. The summed E-state index contributed by atoms with van der Waals surface area (Å²) in [6.45, 7) is 16.7. The van der Waals surface area contributed by atoms with E-state index in [1.54, 1.807) is 59.4 Å². The summed E-state index contributed by atoms with van der Waals surface area (Å²) in [6, 6.07) is 24.8. The first-order valence-corrected chi connectivity index (χ1v) is 30.4. The van der Waals surface area contributed by atoms with Gasteiger partial charge in [0.05, 0.1) is 33.7 Å². The molecule has 0 radical (unpaired) electrons. The third-order valence-corrected chi connectivity index (χ3v) is 21.3. The second-order valence-corrected chi connectivity index (χ2v) is 28.1. The van der Waals surface area contributed by atoms with Gasteiger partial charge in [0, 0.05) is 68.3 Å². The molecule has 13 nitrogen and oxygen atoms in total. The van der Waals surface area contributed by atoms with Gasteiger partial charge in [-0.3, -0.25) is 4.79 Å². The van der Waals surface area contributed by atoms with Crippen LogP contribution in [0.15, 0.2) is 108 Å². The summed E-state index contributed by atoms with van der Waals surface area (Å²) >= 11 is 1.79. The zero-order chi connectivity index (χ0) is 52.1. The number of esters is 1. The van der Waals surface area contributed by atoms with Crippen LogP contribution >= 0.6 is 11.8 Å². The Kier molecular flexibility index (Phi) is 16.5. The van der Waals surface area contributed by atoms with Crippen LogP contribution in [-0.4, -0.2) is 82.5 Å². The lowest BCUT2D eigenvalue weighted by Crippen LogP contribution is -2.41. The van der Waals surface area contributed by atoms with Gasteiger partial charge in [-0.15, -0.1) is 0 Å². The summed E-state index contributed by atoms with van der Waals surface area (Å²) in [5.41, 5.74) is 2.30. The van der Waals surface area contributed by atoms with Crippen molar-refractivity contribution < 1.29 is 40.6 Å². The number of carbonyl (C=O) groups excluding carboxylic acids is 1. The SMILES string of the molecule is CCOC(=O)CCc1cccc(C(C)(CCSCCO[Si](C)(C)C(C)(C)C)c2nc(-c3cc(Oc4c(F)cc5c(ccn5S(=O)(=O)c5ccccc5)c4Cc4ccn(C5CCCCO5)n4)ccc3F)n(C)n2)c1. The molecular formula is C55H66F2N6O7S2Si. The highest BCUT2D eigenvalue weighted by Crippen LogP contribution is 2.41. The van der Waals surface area contributed by atoms with E-state index in [2.05, 4.69) is 46.9 Å². The smallest absolute Gasteiger partial charge is 0.306 e. The molecule has 3 aromatic heterocycles. The summed E-state index contributed by atoms with van der Waals surface area (Å²) in [4.78, 5) is 17.5. The maximum atomic E-state index is 16.9. The van der Waals surface area contributed by atoms with Crippen LogP contribution < -0.4 is 4.74 Å². The molecule has 18 heteroatoms. The van der Waals surface area contributed by atoms with Crippen LogP contribution in [0.3, 0.4) is 0 Å². The summed E-state index contributed by atoms with van der Waals surface area (Å²) in [7, 11) is -4.32. The van der Waals surface area contributed by atoms with Crippen molar-refractivity contribution in [1.29, 1.82) is 0 Å². The molecule has 4 aromatic carbocycles. The average Bonchev–Trinajstić information content (AvgIpc) is 4.13. The molecule has 73 heavy (non-hydrogen) atoms. The highest BCUT2D eigenvalue weighted by atomic mass is 32.2. The molecule has 8 rings (SSSR count). The molecule has 7 aromatic rings. The summed E-state index contributed by atoms with van der Waals surface area (Å²) in [5.74, 6) is 0.548. The number of thioether (sulfide) groups is 1. The highest BCUT2D eigenvalue weighted by Gasteiger charge is 2.38. The minimum absolute atomic E-state index is 0.0492. The fourth-order valence-electron chi connectivity index (χ4n) is 8.82. The number of ether oxygens (including phenoxy) is 3. The third-order valence-electron chi connectivity index (χ3n) is 14.1. The number of carbonyl (C=O) groups is 1. The lowest BCUT2D eigenvalue weighted by Gasteiger charge is -2.36. The quantitative estimate of drug-likeness (QED) is 0.0386. The largest absolute Gasteiger partial charge is 0.466 e. The molecule has 0 N–H and O–H groups in total. The normalized spacial score (nSPS) is 15.4. The van der Waals surface area contributed by atoms with E-state index in [1.807, 2.05) is 30.5 Å². The molecule has 1 aliphatic heterocycles. The van der Waals surface area contributed by atoms with E-state index in [-0.39, 0.29) is 63.4 Å². The van der Waals surface area contributed by atoms with Gasteiger partial charge in [0.15, 0.2) is 31.5 Å². The Bertz CT molecular complexity index is 3170. The van der Waals surface area contributed by atoms with Gasteiger partial charge >= 0.3 is 5.97 Å². The van der Waals surface area contributed by atoms with Crippen LogP contribution in [0.5, 0.6) is 11.5 Å². The lowest BCUT2D eigenvalue weighted by molar-refractivity contribution is -0.143. The molecule has 1 fully saturated rings. The molecule has 1 aliphatic rings. The lowest BCUT2D eigenvalue weighted by atomic mass is 9.78. The van der Waals surface area contributed by atoms with Crippen LogP contribution in [0.25, 0.3) is 22.3 Å². The molecule has 0 aliphatic carbocycles. The fraction of sp³-hybridized carbons (Fsp3) is 0.418. The summed E-state index contributed by atoms with van der Waals surface area (Å²) in [6.07, 6.45) is 7.23. The van der Waals surface area contributed by atoms with Gasteiger partial charge in [0.2, 0.25) is 0 Å². The maximum absolute atomic E-state index is 16.9. The Balaban J connectivity index is 1.13. The van der Waals surface area contributed by atoms with Crippen molar-refractivity contribution >= 4 is 47.0 Å². The highest BCUT2D eigenvalue weighted by molar-refractivity contribution is 7.99. The van der Waals surface area contributed by atoms with Crippen molar-refractivity contribution in [2.45, 2.75) is 114 Å². The molecule has 388 valence electrons. The Morgan fingerprint density at radius 2 is 1.71 bits per heavy atom. The second kappa shape index (κ2) is 22.4. The molecule has 0 saturated carbocycles. The van der Waals surface area contributed by atoms with Crippen LogP contribution in [0.1, 0.15) is 101 Å². The van der Waals surface area contributed by atoms with E-state index in [1.165, 1.54) is 36.5 Å². The van der Waals surface area contributed by atoms with E-state index in [9.17, 15) is 13.2 Å². The van der Waals surface area contributed by atoms with Crippen LogP contribution in [0, 0.1) is 11.6 Å². The van der Waals surface area contributed by atoms with E-state index in [0.29, 0.717) is 55.1 Å². The monoisotopic (exact) mass is 1050 g/mol. The van der Waals surface area contributed by atoms with E-state index < -0.39 is 35.4 Å². The fourth-order valence-corrected chi connectivity index (χ4v) is 12.3. The topological polar surface area (TPSA) is 142 Å². The van der Waals surface area contributed by atoms with Crippen molar-refractivity contribution in [2.75, 3.05) is 31.3 Å². The number of hydrogen-bond donors (Lipinski definition) is 0. The molecule has 2 atom stereocenters. The minimum Gasteiger partial charge on any atom is -0.466 e. The van der Waals surface area contributed by atoms with Gasteiger partial charge in [-0.1, -0.05) is 63.2 Å². The predicted molar refractivity (Wildman–Crippen MR) is 284 cm³/mol. The third kappa shape index (κ3) is 12.0. The predicted octanol–water partition coefficient (Wildman–Crippen LogP) is 12.2. The van der Waals surface area contributed by atoms with Gasteiger partial charge < -0.3 is 18.6 Å². The number of benzene rings is 4. The second-order valence-electron chi connectivity index (χ2n) is 20.2. The number of nitrogens with zero attached hydrogens (tertiary/aromatic N) is 6. The molecule has 0 spiro atoms. The van der Waals surface area contributed by atoms with Gasteiger partial charge in [0.1, 0.15) is 17.8 Å². The Hall–Kier alpha value is -5.66. The molecule has 1 saturated heterocycles. The molecule has 0 amide bonds. The number of fused-ring (bicyclic) bond motifs is 1. The van der Waals surface area contributed by atoms with Gasteiger partial charge in [0.25, 0.3) is 10.0 Å². The van der Waals surface area contributed by atoms with Crippen molar-refractivity contribution in [3.63, 3.8) is 0 Å². The van der Waals surface area contributed by atoms with Gasteiger partial charge in [-0.05, 0) is 123 Å². The summed E-state index contributed by atoms with van der Waals surface area (Å²) < 4.78 is 89.5. The number of hydrogen-bond acceptors (Lipinski definition) is 11. The van der Waals surface area contributed by atoms with Gasteiger partial charge in [-0.2, -0.15) is 22.0 Å². The van der Waals surface area contributed by atoms with Crippen molar-refractivity contribution in [2.24, 2.45) is 7.05 Å². The van der Waals surface area contributed by atoms with Crippen molar-refractivity contribution in [3.05, 3.63) is 143 Å². The molecular weight excluding hydrogens is 987 g/mol. The first-order chi connectivity index (χ1) is 34.8. The van der Waals surface area contributed by atoms with Crippen molar-refractivity contribution in [1.82, 2.24) is 28.5 Å².